The first-order valence-corrected chi connectivity index (χ1v) is 6.21. The molecule has 22 heavy (non-hydrogen) atoms. The number of alkyl halides is 7. The number of benzene rings is 1. The van der Waals surface area contributed by atoms with Crippen molar-refractivity contribution >= 4 is 28.8 Å². The van der Waals surface area contributed by atoms with Gasteiger partial charge in [0.15, 0.2) is 0 Å². The smallest absolute Gasteiger partial charge is 0.462 e. The topological polar surface area (TPSA) is 64.8 Å². The number of hydrogen-bond donors (Lipinski definition) is 3. The minimum absolute atomic E-state index is 0.157. The number of phenolic OH excluding ortho intramolecular Hbond substituents is 2. The summed E-state index contributed by atoms with van der Waals surface area (Å²) in [5.74, 6) is -7.34. The monoisotopic (exact) mass is 446 g/mol. The van der Waals surface area contributed by atoms with Crippen LogP contribution >= 0.6 is 22.6 Å². The number of nitrogens with zero attached hydrogens (tertiary/aromatic N) is 1. The molecule has 0 aliphatic heterocycles. The van der Waals surface area contributed by atoms with Gasteiger partial charge in [-0.1, -0.05) is 0 Å². The lowest BCUT2D eigenvalue weighted by Gasteiger charge is -2.27. The van der Waals surface area contributed by atoms with E-state index in [9.17, 15) is 40.9 Å². The third-order valence-corrected chi connectivity index (χ3v) is 3.12. The molecule has 0 aliphatic rings. The van der Waals surface area contributed by atoms with E-state index >= 15 is 0 Å². The highest BCUT2D eigenvalue weighted by Crippen LogP contribution is 2.45. The number of halogens is 8. The van der Waals surface area contributed by atoms with Crippen LogP contribution in [0.3, 0.4) is 0 Å². The summed E-state index contributed by atoms with van der Waals surface area (Å²) in [4.78, 5) is 0. The molecule has 0 aliphatic carbocycles. The molecule has 0 unspecified atom stereocenters. The Hall–Kier alpha value is -1.47. The highest BCUT2D eigenvalue weighted by molar-refractivity contribution is 14.1. The van der Waals surface area contributed by atoms with E-state index in [2.05, 4.69) is 5.10 Å². The van der Waals surface area contributed by atoms with E-state index in [1.54, 1.807) is 22.6 Å². The van der Waals surface area contributed by atoms with Crippen molar-refractivity contribution in [3.63, 3.8) is 0 Å². The van der Waals surface area contributed by atoms with Gasteiger partial charge in [0.2, 0.25) is 0 Å². The maximum absolute atomic E-state index is 12.8. The lowest BCUT2D eigenvalue weighted by Crippen LogP contribution is -2.58. The van der Waals surface area contributed by atoms with Crippen LogP contribution < -0.4 is 5.43 Å². The van der Waals surface area contributed by atoms with Crippen molar-refractivity contribution in [2.24, 2.45) is 5.10 Å². The third-order valence-electron chi connectivity index (χ3n) is 2.26. The van der Waals surface area contributed by atoms with Crippen molar-refractivity contribution in [1.29, 1.82) is 0 Å². The minimum atomic E-state index is -6.48. The highest BCUT2D eigenvalue weighted by Gasteiger charge is 2.73. The first-order valence-electron chi connectivity index (χ1n) is 5.13. The Morgan fingerprint density at radius 1 is 1.00 bits per heavy atom. The zero-order chi connectivity index (χ0) is 17.3. The fourth-order valence-electron chi connectivity index (χ4n) is 1.10. The summed E-state index contributed by atoms with van der Waals surface area (Å²) in [6, 6.07) is -3.84. The van der Waals surface area contributed by atoms with E-state index in [1.807, 2.05) is 0 Å². The molecule has 3 N–H and O–H groups in total. The summed E-state index contributed by atoms with van der Waals surface area (Å²) < 4.78 is 86.5. The second-order valence-corrected chi connectivity index (χ2v) is 5.04. The van der Waals surface area contributed by atoms with E-state index < -0.39 is 23.9 Å². The van der Waals surface area contributed by atoms with Crippen LogP contribution in [-0.2, 0) is 0 Å². The maximum atomic E-state index is 12.8. The van der Waals surface area contributed by atoms with Crippen molar-refractivity contribution in [2.45, 2.75) is 18.1 Å². The molecule has 0 bridgehead atoms. The summed E-state index contributed by atoms with van der Waals surface area (Å²) in [5.41, 5.74) is 0.115. The Morgan fingerprint density at radius 2 is 1.55 bits per heavy atom. The van der Waals surface area contributed by atoms with Gasteiger partial charge in [-0.2, -0.15) is 35.8 Å². The average Bonchev–Trinajstić information content (AvgIpc) is 2.33. The normalized spacial score (nSPS) is 13.6. The number of aromatic hydroxyl groups is 2. The van der Waals surface area contributed by atoms with Crippen LogP contribution in [0.5, 0.6) is 11.5 Å². The Labute approximate surface area is 131 Å². The van der Waals surface area contributed by atoms with Gasteiger partial charge < -0.3 is 10.2 Å². The largest absolute Gasteiger partial charge is 0.507 e. The van der Waals surface area contributed by atoms with Gasteiger partial charge in [-0.15, -0.1) is 0 Å². The Kier molecular flexibility index (Phi) is 5.04. The molecular formula is C10H6F7IN2O2. The van der Waals surface area contributed by atoms with Crippen molar-refractivity contribution in [3.05, 3.63) is 21.3 Å². The van der Waals surface area contributed by atoms with Crippen molar-refractivity contribution < 1.29 is 40.9 Å². The number of rotatable bonds is 4. The van der Waals surface area contributed by atoms with E-state index in [0.717, 1.165) is 12.1 Å². The van der Waals surface area contributed by atoms with Crippen molar-refractivity contribution in [2.75, 3.05) is 0 Å². The van der Waals surface area contributed by atoms with Gasteiger partial charge in [-0.3, -0.25) is 0 Å². The average molecular weight is 446 g/mol. The molecule has 0 fully saturated rings. The van der Waals surface area contributed by atoms with Gasteiger partial charge in [0.1, 0.15) is 11.5 Å². The van der Waals surface area contributed by atoms with Gasteiger partial charge in [-0.25, -0.2) is 5.43 Å². The highest BCUT2D eigenvalue weighted by atomic mass is 127. The first kappa shape index (κ1) is 18.6. The summed E-state index contributed by atoms with van der Waals surface area (Å²) in [6.07, 6.45) is -6.08. The Morgan fingerprint density at radius 3 is 2.05 bits per heavy atom. The molecule has 4 nitrogen and oxygen atoms in total. The fraction of sp³-hybridized carbons (Fsp3) is 0.300. The summed E-state index contributed by atoms with van der Waals surface area (Å²) in [7, 11) is 0. The number of phenols is 2. The zero-order valence-corrected chi connectivity index (χ0v) is 12.3. The van der Waals surface area contributed by atoms with Gasteiger partial charge in [0.05, 0.1) is 9.78 Å². The molecular weight excluding hydrogens is 440 g/mol. The number of hydrazone groups is 1. The van der Waals surface area contributed by atoms with Crippen LogP contribution in [0.1, 0.15) is 5.56 Å². The molecule has 0 amide bonds. The molecule has 0 spiro atoms. The van der Waals surface area contributed by atoms with Gasteiger partial charge in [-0.05, 0) is 28.7 Å². The fourth-order valence-corrected chi connectivity index (χ4v) is 1.59. The second-order valence-electron chi connectivity index (χ2n) is 3.88. The van der Waals surface area contributed by atoms with Gasteiger partial charge >= 0.3 is 18.1 Å². The van der Waals surface area contributed by atoms with Crippen molar-refractivity contribution in [1.82, 2.24) is 5.43 Å². The molecule has 0 atom stereocenters. The molecule has 0 aromatic heterocycles. The molecule has 0 saturated heterocycles. The van der Waals surface area contributed by atoms with Crippen LogP contribution in [0.15, 0.2) is 17.2 Å². The quantitative estimate of drug-likeness (QED) is 0.219. The van der Waals surface area contributed by atoms with E-state index in [4.69, 9.17) is 0 Å². The standard InChI is InChI=1S/C10H6F7IN2O2/c11-8(12,9(13,14)15)10(16,17)20-19-3-4-1-5(18)7(22)2-6(4)21/h1-3,20-22H/b19-3+. The minimum Gasteiger partial charge on any atom is -0.507 e. The van der Waals surface area contributed by atoms with Crippen LogP contribution in [0.2, 0.25) is 0 Å². The lowest BCUT2D eigenvalue weighted by atomic mass is 10.2. The Balaban J connectivity index is 2.96. The van der Waals surface area contributed by atoms with E-state index in [1.165, 1.54) is 0 Å². The molecule has 0 radical (unpaired) electrons. The number of hydrogen-bond acceptors (Lipinski definition) is 4. The first-order chi connectivity index (χ1) is 9.79. The number of nitrogens with one attached hydrogen (secondary N) is 1. The van der Waals surface area contributed by atoms with Gasteiger partial charge in [0.25, 0.3) is 0 Å². The molecule has 0 saturated carbocycles. The van der Waals surface area contributed by atoms with Crippen LogP contribution in [0.4, 0.5) is 30.7 Å². The maximum Gasteiger partial charge on any atom is 0.462 e. The molecule has 1 aromatic rings. The van der Waals surface area contributed by atoms with E-state index in [0.29, 0.717) is 11.6 Å². The molecule has 1 aromatic carbocycles. The van der Waals surface area contributed by atoms with Crippen LogP contribution in [0.25, 0.3) is 0 Å². The second kappa shape index (κ2) is 5.96. The molecule has 0 heterocycles. The predicted octanol–water partition coefficient (Wildman–Crippen LogP) is 3.42. The summed E-state index contributed by atoms with van der Waals surface area (Å²) >= 11 is 1.60. The SMILES string of the molecule is Oc1cc(O)c(/C=N/NC(F)(F)C(F)(F)C(F)(F)F)cc1I. The molecule has 124 valence electrons. The summed E-state index contributed by atoms with van der Waals surface area (Å²) in [5, 5.41) is 21.1. The predicted molar refractivity (Wildman–Crippen MR) is 69.2 cm³/mol. The van der Waals surface area contributed by atoms with Crippen molar-refractivity contribution in [3.8, 4) is 11.5 Å². The zero-order valence-electron chi connectivity index (χ0n) is 10.1. The van der Waals surface area contributed by atoms with Crippen LogP contribution in [-0.4, -0.2) is 34.6 Å². The third kappa shape index (κ3) is 3.64. The summed E-state index contributed by atoms with van der Waals surface area (Å²) in [6.45, 7) is 0. The lowest BCUT2D eigenvalue weighted by molar-refractivity contribution is -0.361. The molecule has 12 heteroatoms. The van der Waals surface area contributed by atoms with E-state index in [-0.39, 0.29) is 14.9 Å². The van der Waals surface area contributed by atoms with Gasteiger partial charge in [0, 0.05) is 11.6 Å². The molecule has 1 rings (SSSR count). The van der Waals surface area contributed by atoms with Crippen LogP contribution in [0, 0.1) is 3.57 Å². The Bertz CT molecular complexity index is 589.